The molecule has 1 N–H and O–H groups in total. The summed E-state index contributed by atoms with van der Waals surface area (Å²) in [6.07, 6.45) is 5.82. The van der Waals surface area contributed by atoms with Crippen molar-refractivity contribution in [2.45, 2.75) is 58.5 Å². The van der Waals surface area contributed by atoms with Crippen LogP contribution in [0.1, 0.15) is 46.5 Å². The normalized spacial score (nSPS) is 32.4. The van der Waals surface area contributed by atoms with Crippen LogP contribution in [0.15, 0.2) is 0 Å². The van der Waals surface area contributed by atoms with Crippen molar-refractivity contribution in [3.8, 4) is 0 Å². The van der Waals surface area contributed by atoms with Crippen molar-refractivity contribution in [2.24, 2.45) is 11.8 Å². The third kappa shape index (κ3) is 6.41. The largest absolute Gasteiger partial charge is 0.311 e. The van der Waals surface area contributed by atoms with E-state index in [1.807, 2.05) is 0 Å². The molecule has 0 heterocycles. The fraction of sp³-hybridized carbons (Fsp3) is 1.00. The summed E-state index contributed by atoms with van der Waals surface area (Å²) in [5.74, 6) is 1.87. The van der Waals surface area contributed by atoms with Gasteiger partial charge in [0.2, 0.25) is 0 Å². The summed E-state index contributed by atoms with van der Waals surface area (Å²) in [6, 6.07) is 0.871. The Morgan fingerprint density at radius 2 is 1.71 bits per heavy atom. The van der Waals surface area contributed by atoms with Crippen LogP contribution in [0.5, 0.6) is 0 Å². The predicted octanol–water partition coefficient (Wildman–Crippen LogP) is 2.22. The fourth-order valence-electron chi connectivity index (χ4n) is 2.96. The summed E-state index contributed by atoms with van der Waals surface area (Å²) < 4.78 is 22.2. The third-order valence-corrected chi connectivity index (χ3v) is 4.60. The average molecular weight is 261 g/mol. The molecule has 1 saturated carbocycles. The van der Waals surface area contributed by atoms with E-state index in [0.717, 1.165) is 18.3 Å². The first kappa shape index (κ1) is 15.0. The molecule has 0 radical (unpaired) electrons. The molecule has 0 bridgehead atoms. The standard InChI is InChI=1S/C13H27NO2S/c1-10-7-11(2)9-13(8-10)14-12(3)5-6-17(4,15)16/h10-14H,5-9H2,1-4H3/t10-,11-,12-/m1/s1. The minimum absolute atomic E-state index is 0.291. The first-order valence-corrected chi connectivity index (χ1v) is 8.76. The minimum Gasteiger partial charge on any atom is -0.311 e. The van der Waals surface area contributed by atoms with Crippen LogP contribution in [0.25, 0.3) is 0 Å². The van der Waals surface area contributed by atoms with Crippen LogP contribution in [-0.4, -0.2) is 32.5 Å². The molecule has 0 amide bonds. The van der Waals surface area contributed by atoms with Gasteiger partial charge >= 0.3 is 0 Å². The lowest BCUT2D eigenvalue weighted by Gasteiger charge is -2.34. The Morgan fingerprint density at radius 3 is 2.18 bits per heavy atom. The van der Waals surface area contributed by atoms with Crippen molar-refractivity contribution in [1.29, 1.82) is 0 Å². The van der Waals surface area contributed by atoms with E-state index in [9.17, 15) is 8.42 Å². The highest BCUT2D eigenvalue weighted by atomic mass is 32.2. The highest BCUT2D eigenvalue weighted by Gasteiger charge is 2.24. The van der Waals surface area contributed by atoms with E-state index in [4.69, 9.17) is 0 Å². The van der Waals surface area contributed by atoms with Crippen LogP contribution in [0, 0.1) is 11.8 Å². The number of hydrogen-bond donors (Lipinski definition) is 1. The molecule has 0 aromatic rings. The van der Waals surface area contributed by atoms with Crippen molar-refractivity contribution in [3.05, 3.63) is 0 Å². The highest BCUT2D eigenvalue weighted by Crippen LogP contribution is 2.28. The molecular weight excluding hydrogens is 234 g/mol. The van der Waals surface area contributed by atoms with Gasteiger partial charge in [-0.1, -0.05) is 13.8 Å². The van der Waals surface area contributed by atoms with Gasteiger partial charge in [0, 0.05) is 18.3 Å². The van der Waals surface area contributed by atoms with Crippen molar-refractivity contribution in [1.82, 2.24) is 5.32 Å². The molecule has 1 rings (SSSR count). The van der Waals surface area contributed by atoms with Gasteiger partial charge < -0.3 is 5.32 Å². The lowest BCUT2D eigenvalue weighted by molar-refractivity contribution is 0.227. The van der Waals surface area contributed by atoms with Gasteiger partial charge in [0.1, 0.15) is 9.84 Å². The van der Waals surface area contributed by atoms with E-state index >= 15 is 0 Å². The van der Waals surface area contributed by atoms with Crippen LogP contribution >= 0.6 is 0 Å². The predicted molar refractivity (Wildman–Crippen MR) is 72.9 cm³/mol. The molecule has 3 atom stereocenters. The van der Waals surface area contributed by atoms with Gasteiger partial charge in [-0.2, -0.15) is 0 Å². The van der Waals surface area contributed by atoms with Crippen molar-refractivity contribution in [2.75, 3.05) is 12.0 Å². The Bertz CT molecular complexity index is 316. The smallest absolute Gasteiger partial charge is 0.147 e. The van der Waals surface area contributed by atoms with Crippen LogP contribution in [-0.2, 0) is 9.84 Å². The molecule has 0 unspecified atom stereocenters. The second-order valence-electron chi connectivity index (χ2n) is 6.10. The van der Waals surface area contributed by atoms with Gasteiger partial charge in [-0.15, -0.1) is 0 Å². The van der Waals surface area contributed by atoms with Crippen LogP contribution < -0.4 is 5.32 Å². The number of sulfone groups is 1. The molecule has 0 aliphatic heterocycles. The number of hydrogen-bond acceptors (Lipinski definition) is 3. The Balaban J connectivity index is 2.32. The molecule has 0 saturated heterocycles. The summed E-state index contributed by atoms with van der Waals surface area (Å²) >= 11 is 0. The summed E-state index contributed by atoms with van der Waals surface area (Å²) in [5.41, 5.74) is 0. The second-order valence-corrected chi connectivity index (χ2v) is 8.36. The van der Waals surface area contributed by atoms with Crippen LogP contribution in [0.2, 0.25) is 0 Å². The van der Waals surface area contributed by atoms with E-state index in [1.54, 1.807) is 0 Å². The maximum atomic E-state index is 11.1. The van der Waals surface area contributed by atoms with Gasteiger partial charge in [-0.05, 0) is 44.4 Å². The average Bonchev–Trinajstić information content (AvgIpc) is 2.11. The molecule has 0 spiro atoms. The van der Waals surface area contributed by atoms with Crippen LogP contribution in [0.3, 0.4) is 0 Å². The lowest BCUT2D eigenvalue weighted by atomic mass is 9.80. The molecule has 17 heavy (non-hydrogen) atoms. The topological polar surface area (TPSA) is 46.2 Å². The van der Waals surface area contributed by atoms with E-state index < -0.39 is 9.84 Å². The maximum Gasteiger partial charge on any atom is 0.147 e. The van der Waals surface area contributed by atoms with Gasteiger partial charge in [0.05, 0.1) is 5.75 Å². The lowest BCUT2D eigenvalue weighted by Crippen LogP contribution is -2.41. The minimum atomic E-state index is -2.82. The van der Waals surface area contributed by atoms with Gasteiger partial charge in [0.25, 0.3) is 0 Å². The highest BCUT2D eigenvalue weighted by molar-refractivity contribution is 7.90. The van der Waals surface area contributed by atoms with Crippen LogP contribution in [0.4, 0.5) is 0 Å². The quantitative estimate of drug-likeness (QED) is 0.825. The van der Waals surface area contributed by atoms with E-state index in [1.165, 1.54) is 25.5 Å². The number of rotatable bonds is 5. The SMILES string of the molecule is C[C@H]1CC(N[C@H](C)CCS(C)(=O)=O)C[C@H](C)C1. The molecule has 0 aromatic heterocycles. The molecule has 1 fully saturated rings. The van der Waals surface area contributed by atoms with E-state index in [0.29, 0.717) is 17.8 Å². The van der Waals surface area contributed by atoms with Crippen molar-refractivity contribution in [3.63, 3.8) is 0 Å². The molecule has 3 nitrogen and oxygen atoms in total. The third-order valence-electron chi connectivity index (χ3n) is 3.62. The molecule has 1 aliphatic carbocycles. The Kier molecular flexibility index (Phi) is 5.45. The molecule has 102 valence electrons. The van der Waals surface area contributed by atoms with Crippen molar-refractivity contribution >= 4 is 9.84 Å². The van der Waals surface area contributed by atoms with E-state index in [2.05, 4.69) is 26.1 Å². The summed E-state index contributed by atoms with van der Waals surface area (Å²) in [4.78, 5) is 0. The van der Waals surface area contributed by atoms with E-state index in [-0.39, 0.29) is 0 Å². The molecular formula is C13H27NO2S. The maximum absolute atomic E-state index is 11.1. The summed E-state index contributed by atoms with van der Waals surface area (Å²) in [5, 5.41) is 3.59. The summed E-state index contributed by atoms with van der Waals surface area (Å²) in [7, 11) is -2.82. The zero-order chi connectivity index (χ0) is 13.1. The molecule has 4 heteroatoms. The zero-order valence-electron chi connectivity index (χ0n) is 11.6. The zero-order valence-corrected chi connectivity index (χ0v) is 12.4. The number of nitrogens with one attached hydrogen (secondary N) is 1. The molecule has 0 aromatic carbocycles. The Hall–Kier alpha value is -0.0900. The fourth-order valence-corrected chi connectivity index (χ4v) is 3.74. The summed E-state index contributed by atoms with van der Waals surface area (Å²) in [6.45, 7) is 6.71. The van der Waals surface area contributed by atoms with Gasteiger partial charge in [-0.25, -0.2) is 8.42 Å². The Morgan fingerprint density at radius 1 is 1.18 bits per heavy atom. The molecule has 1 aliphatic rings. The first-order chi connectivity index (χ1) is 7.76. The Labute approximate surface area is 106 Å². The monoisotopic (exact) mass is 261 g/mol. The second kappa shape index (κ2) is 6.19. The first-order valence-electron chi connectivity index (χ1n) is 6.70. The van der Waals surface area contributed by atoms with Gasteiger partial charge in [-0.3, -0.25) is 0 Å². The van der Waals surface area contributed by atoms with Gasteiger partial charge in [0.15, 0.2) is 0 Å². The van der Waals surface area contributed by atoms with Crippen molar-refractivity contribution < 1.29 is 8.42 Å².